The Kier molecular flexibility index (Phi) is 5.25. The molecule has 1 aliphatic heterocycles. The first-order chi connectivity index (χ1) is 10.8. The lowest BCUT2D eigenvalue weighted by Crippen LogP contribution is -2.31. The number of benzene rings is 2. The van der Waals surface area contributed by atoms with Gasteiger partial charge in [-0.15, -0.1) is 0 Å². The average Bonchev–Trinajstić information content (AvgIpc) is 2.94. The Hall–Kier alpha value is -1.64. The molecular weight excluding hydrogens is 268 g/mol. The summed E-state index contributed by atoms with van der Waals surface area (Å²) in [7, 11) is 0. The molecule has 116 valence electrons. The summed E-state index contributed by atoms with van der Waals surface area (Å²) in [5.41, 5.74) is 2.80. The lowest BCUT2D eigenvalue weighted by Gasteiger charge is -2.27. The Morgan fingerprint density at radius 2 is 1.41 bits per heavy atom. The summed E-state index contributed by atoms with van der Waals surface area (Å²) in [6.45, 7) is 7.90. The van der Waals surface area contributed by atoms with Gasteiger partial charge in [-0.3, -0.25) is 4.90 Å². The van der Waals surface area contributed by atoms with Crippen LogP contribution in [0.3, 0.4) is 0 Å². The summed E-state index contributed by atoms with van der Waals surface area (Å²) >= 11 is 0. The molecule has 1 fully saturated rings. The number of nitrogens with one attached hydrogen (secondary N) is 1. The fourth-order valence-electron chi connectivity index (χ4n) is 3.31. The molecule has 0 aromatic heterocycles. The predicted octanol–water partition coefficient (Wildman–Crippen LogP) is 3.54. The van der Waals surface area contributed by atoms with Crippen molar-refractivity contribution < 1.29 is 0 Å². The Bertz CT molecular complexity index is 511. The second kappa shape index (κ2) is 7.57. The van der Waals surface area contributed by atoms with Crippen LogP contribution in [0.2, 0.25) is 0 Å². The molecule has 2 atom stereocenters. The molecule has 0 saturated carbocycles. The quantitative estimate of drug-likeness (QED) is 0.876. The SMILES string of the molecule is CC1CNCC1CN(Cc1ccccc1)Cc1ccccc1. The van der Waals surface area contributed by atoms with Gasteiger partial charge in [0.15, 0.2) is 0 Å². The van der Waals surface area contributed by atoms with E-state index in [1.165, 1.54) is 11.1 Å². The minimum Gasteiger partial charge on any atom is -0.316 e. The lowest BCUT2D eigenvalue weighted by molar-refractivity contribution is 0.203. The van der Waals surface area contributed by atoms with Crippen molar-refractivity contribution in [2.45, 2.75) is 20.0 Å². The van der Waals surface area contributed by atoms with Gasteiger partial charge in [-0.25, -0.2) is 0 Å². The van der Waals surface area contributed by atoms with Crippen LogP contribution in [0.4, 0.5) is 0 Å². The van der Waals surface area contributed by atoms with Gasteiger partial charge in [0.1, 0.15) is 0 Å². The topological polar surface area (TPSA) is 15.3 Å². The third-order valence-electron chi connectivity index (χ3n) is 4.67. The maximum Gasteiger partial charge on any atom is 0.0237 e. The van der Waals surface area contributed by atoms with E-state index in [4.69, 9.17) is 0 Å². The smallest absolute Gasteiger partial charge is 0.0237 e. The van der Waals surface area contributed by atoms with Crippen molar-refractivity contribution in [2.75, 3.05) is 19.6 Å². The van der Waals surface area contributed by atoms with Gasteiger partial charge in [0.25, 0.3) is 0 Å². The van der Waals surface area contributed by atoms with Crippen LogP contribution >= 0.6 is 0 Å². The number of hydrogen-bond donors (Lipinski definition) is 1. The molecule has 0 bridgehead atoms. The van der Waals surface area contributed by atoms with E-state index in [1.54, 1.807) is 0 Å². The van der Waals surface area contributed by atoms with E-state index in [-0.39, 0.29) is 0 Å². The summed E-state index contributed by atoms with van der Waals surface area (Å²) in [5, 5.41) is 3.53. The molecule has 1 heterocycles. The second-order valence-electron chi connectivity index (χ2n) is 6.54. The fourth-order valence-corrected chi connectivity index (χ4v) is 3.31. The maximum absolute atomic E-state index is 3.53. The average molecular weight is 294 g/mol. The Morgan fingerprint density at radius 1 is 0.864 bits per heavy atom. The molecular formula is C20H26N2. The van der Waals surface area contributed by atoms with Gasteiger partial charge >= 0.3 is 0 Å². The van der Waals surface area contributed by atoms with Crippen molar-refractivity contribution >= 4 is 0 Å². The molecule has 2 aromatic rings. The van der Waals surface area contributed by atoms with Crippen LogP contribution in [0.1, 0.15) is 18.1 Å². The van der Waals surface area contributed by atoms with Crippen LogP contribution in [0, 0.1) is 11.8 Å². The summed E-state index contributed by atoms with van der Waals surface area (Å²) in [6, 6.07) is 21.6. The van der Waals surface area contributed by atoms with Crippen LogP contribution in [0.5, 0.6) is 0 Å². The van der Waals surface area contributed by atoms with E-state index in [0.717, 1.165) is 44.6 Å². The first kappa shape index (κ1) is 15.3. The molecule has 2 unspecified atom stereocenters. The zero-order valence-electron chi connectivity index (χ0n) is 13.4. The van der Waals surface area contributed by atoms with Crippen LogP contribution < -0.4 is 5.32 Å². The number of hydrogen-bond acceptors (Lipinski definition) is 2. The van der Waals surface area contributed by atoms with Gasteiger partial charge in [-0.2, -0.15) is 0 Å². The molecule has 0 amide bonds. The van der Waals surface area contributed by atoms with E-state index in [9.17, 15) is 0 Å². The first-order valence-corrected chi connectivity index (χ1v) is 8.32. The molecule has 1 saturated heterocycles. The predicted molar refractivity (Wildman–Crippen MR) is 92.5 cm³/mol. The summed E-state index contributed by atoms with van der Waals surface area (Å²) in [4.78, 5) is 2.60. The van der Waals surface area contributed by atoms with Gasteiger partial charge in [-0.05, 0) is 36.1 Å². The van der Waals surface area contributed by atoms with Crippen molar-refractivity contribution in [2.24, 2.45) is 11.8 Å². The standard InChI is InChI=1S/C20H26N2/c1-17-12-21-13-20(17)16-22(14-18-8-4-2-5-9-18)15-19-10-6-3-7-11-19/h2-11,17,20-21H,12-16H2,1H3. The highest BCUT2D eigenvalue weighted by Gasteiger charge is 2.25. The second-order valence-corrected chi connectivity index (χ2v) is 6.54. The Labute approximate surface area is 134 Å². The van der Waals surface area contributed by atoms with Gasteiger partial charge < -0.3 is 5.32 Å². The summed E-state index contributed by atoms with van der Waals surface area (Å²) < 4.78 is 0. The largest absolute Gasteiger partial charge is 0.316 e. The Balaban J connectivity index is 1.69. The van der Waals surface area contributed by atoms with Gasteiger partial charge in [0, 0.05) is 19.6 Å². The van der Waals surface area contributed by atoms with Gasteiger partial charge in [-0.1, -0.05) is 67.6 Å². The van der Waals surface area contributed by atoms with Crippen LogP contribution in [-0.2, 0) is 13.1 Å². The summed E-state index contributed by atoms with van der Waals surface area (Å²) in [5.74, 6) is 1.53. The molecule has 1 N–H and O–H groups in total. The van der Waals surface area contributed by atoms with Crippen molar-refractivity contribution in [3.8, 4) is 0 Å². The van der Waals surface area contributed by atoms with Gasteiger partial charge in [0.05, 0.1) is 0 Å². The molecule has 0 radical (unpaired) electrons. The van der Waals surface area contributed by atoms with E-state index < -0.39 is 0 Å². The lowest BCUT2D eigenvalue weighted by atomic mass is 9.97. The maximum atomic E-state index is 3.53. The highest BCUT2D eigenvalue weighted by Crippen LogP contribution is 2.20. The molecule has 1 aliphatic rings. The molecule has 2 heteroatoms. The molecule has 0 aliphatic carbocycles. The van der Waals surface area contributed by atoms with E-state index in [1.807, 2.05) is 0 Å². The third kappa shape index (κ3) is 4.19. The van der Waals surface area contributed by atoms with E-state index >= 15 is 0 Å². The summed E-state index contributed by atoms with van der Waals surface area (Å²) in [6.07, 6.45) is 0. The number of rotatable bonds is 6. The number of nitrogens with zero attached hydrogens (tertiary/aromatic N) is 1. The zero-order valence-corrected chi connectivity index (χ0v) is 13.4. The Morgan fingerprint density at radius 3 is 1.86 bits per heavy atom. The van der Waals surface area contributed by atoms with Crippen molar-refractivity contribution in [1.29, 1.82) is 0 Å². The minimum atomic E-state index is 0.757. The van der Waals surface area contributed by atoms with E-state index in [2.05, 4.69) is 77.8 Å². The van der Waals surface area contributed by atoms with Crippen molar-refractivity contribution in [1.82, 2.24) is 10.2 Å². The zero-order chi connectivity index (χ0) is 15.2. The highest BCUT2D eigenvalue weighted by atomic mass is 15.1. The molecule has 2 aromatic carbocycles. The monoisotopic (exact) mass is 294 g/mol. The van der Waals surface area contributed by atoms with Crippen molar-refractivity contribution in [3.63, 3.8) is 0 Å². The van der Waals surface area contributed by atoms with Crippen LogP contribution in [-0.4, -0.2) is 24.5 Å². The fraction of sp³-hybridized carbons (Fsp3) is 0.400. The third-order valence-corrected chi connectivity index (χ3v) is 4.67. The van der Waals surface area contributed by atoms with Crippen LogP contribution in [0.25, 0.3) is 0 Å². The van der Waals surface area contributed by atoms with Gasteiger partial charge in [0.2, 0.25) is 0 Å². The highest BCUT2D eigenvalue weighted by molar-refractivity contribution is 5.17. The first-order valence-electron chi connectivity index (χ1n) is 8.32. The normalized spacial score (nSPS) is 21.4. The molecule has 22 heavy (non-hydrogen) atoms. The molecule has 2 nitrogen and oxygen atoms in total. The molecule has 3 rings (SSSR count). The van der Waals surface area contributed by atoms with Crippen molar-refractivity contribution in [3.05, 3.63) is 71.8 Å². The van der Waals surface area contributed by atoms with Crippen LogP contribution in [0.15, 0.2) is 60.7 Å². The minimum absolute atomic E-state index is 0.757. The van der Waals surface area contributed by atoms with E-state index in [0.29, 0.717) is 0 Å². The molecule has 0 spiro atoms.